The van der Waals surface area contributed by atoms with Crippen molar-refractivity contribution < 1.29 is 39.2 Å². The molecular formula is C36H36GeIrN2O2-2. The number of aryl methyl sites for hydroxylation is 2. The van der Waals surface area contributed by atoms with Crippen LogP contribution in [0.3, 0.4) is 0 Å². The smallest absolute Gasteiger partial charge is 0.166 e. The standard InChI is InChI=1S/C21H18NO2.C15H18GeN.Ir/c1-13(2)16-11-17(22-12-14(16)3)15-7-6-10-20-21(15)24-19-9-5-4-8-18(19)23-20;1-12-5-7-13(8-6-12)15-10-9-14(11-17-15)16(2,3)4;/h4-6,8-13H,1-3H3;5-7,9-11H,1-4H3;/q2*-1;/i3D3,13D;1D3;. The number of benzene rings is 3. The number of rotatable bonds is 4. The van der Waals surface area contributed by atoms with Crippen molar-refractivity contribution in [2.45, 2.75) is 50.7 Å². The molecule has 5 aromatic rings. The summed E-state index contributed by atoms with van der Waals surface area (Å²) in [5.41, 5.74) is 3.45. The molecule has 3 aromatic carbocycles. The minimum Gasteiger partial charge on any atom is -0.494 e. The minimum absolute atomic E-state index is 0. The molecule has 0 fully saturated rings. The molecule has 6 heteroatoms. The van der Waals surface area contributed by atoms with Crippen LogP contribution in [0.15, 0.2) is 85.2 Å². The maximum absolute atomic E-state index is 8.39. The quantitative estimate of drug-likeness (QED) is 0.132. The molecule has 2 aromatic heterocycles. The second-order valence-electron chi connectivity index (χ2n) is 11.0. The third-order valence-electron chi connectivity index (χ3n) is 6.61. The van der Waals surface area contributed by atoms with Gasteiger partial charge in [-0.1, -0.05) is 43.7 Å². The second-order valence-corrected chi connectivity index (χ2v) is 21.6. The van der Waals surface area contributed by atoms with Crippen LogP contribution in [0.5, 0.6) is 23.0 Å². The van der Waals surface area contributed by atoms with Crippen LogP contribution in [-0.4, -0.2) is 23.2 Å². The van der Waals surface area contributed by atoms with Gasteiger partial charge in [-0.05, 0) is 41.7 Å². The SMILES string of the molecule is [2H]C([2H])([2H])c1c[c-]c(-c2cc[c]([Ge]([CH3])([CH3])[CH3])cn2)cc1.[2H]C([2H])([2H])c1cnc(-c2[c-]ccc3c2Oc2ccccc2O3)cc1C([2H])(C)C.[Ir]. The van der Waals surface area contributed by atoms with Gasteiger partial charge in [0, 0.05) is 31.8 Å². The molecule has 0 saturated carbocycles. The van der Waals surface area contributed by atoms with E-state index in [4.69, 9.17) is 19.1 Å². The van der Waals surface area contributed by atoms with Gasteiger partial charge < -0.3 is 14.5 Å². The summed E-state index contributed by atoms with van der Waals surface area (Å²) in [5.74, 6) is 8.06. The van der Waals surface area contributed by atoms with E-state index in [1.807, 2.05) is 30.5 Å². The fourth-order valence-electron chi connectivity index (χ4n) is 4.27. The van der Waals surface area contributed by atoms with Crippen molar-refractivity contribution in [2.75, 3.05) is 0 Å². The van der Waals surface area contributed by atoms with E-state index in [2.05, 4.69) is 45.4 Å². The first kappa shape index (κ1) is 23.2. The summed E-state index contributed by atoms with van der Waals surface area (Å²) >= 11 is -1.83. The van der Waals surface area contributed by atoms with Crippen molar-refractivity contribution in [3.8, 4) is 45.5 Å². The summed E-state index contributed by atoms with van der Waals surface area (Å²) in [4.78, 5) is 8.83. The fourth-order valence-corrected chi connectivity index (χ4v) is 6.44. The van der Waals surface area contributed by atoms with E-state index in [9.17, 15) is 0 Å². The Bertz CT molecular complexity index is 1860. The summed E-state index contributed by atoms with van der Waals surface area (Å²) in [6.45, 7) is -1.12. The first-order valence-corrected chi connectivity index (χ1v) is 20.7. The number of hydrogen-bond donors (Lipinski definition) is 0. The zero-order valence-corrected chi connectivity index (χ0v) is 28.6. The Balaban J connectivity index is 0.000000229. The normalized spacial score (nSPS) is 14.9. The summed E-state index contributed by atoms with van der Waals surface area (Å²) in [5, 5.41) is 0. The molecule has 0 unspecified atom stereocenters. The van der Waals surface area contributed by atoms with Gasteiger partial charge >= 0.3 is 110 Å². The first-order chi connectivity index (χ1) is 22.3. The van der Waals surface area contributed by atoms with Crippen molar-refractivity contribution in [3.63, 3.8) is 0 Å². The Morgan fingerprint density at radius 3 is 2.21 bits per heavy atom. The predicted molar refractivity (Wildman–Crippen MR) is 170 cm³/mol. The van der Waals surface area contributed by atoms with E-state index in [-0.39, 0.29) is 25.7 Å². The van der Waals surface area contributed by atoms with Gasteiger partial charge in [-0.3, -0.25) is 0 Å². The van der Waals surface area contributed by atoms with E-state index in [0.717, 1.165) is 11.3 Å². The van der Waals surface area contributed by atoms with Gasteiger partial charge in [-0.2, -0.15) is 0 Å². The third-order valence-corrected chi connectivity index (χ3v) is 10.9. The van der Waals surface area contributed by atoms with Gasteiger partial charge in [-0.15, -0.1) is 12.1 Å². The largest absolute Gasteiger partial charge is 0.494 e. The molecule has 1 aliphatic heterocycles. The Morgan fingerprint density at radius 2 is 1.60 bits per heavy atom. The Morgan fingerprint density at radius 1 is 0.833 bits per heavy atom. The number of fused-ring (bicyclic) bond motifs is 2. The predicted octanol–water partition coefficient (Wildman–Crippen LogP) is 9.28. The van der Waals surface area contributed by atoms with Gasteiger partial charge in [0.05, 0.1) is 11.5 Å². The Kier molecular flexibility index (Phi) is 7.40. The Hall–Kier alpha value is -3.25. The molecule has 1 radical (unpaired) electrons. The molecular weight excluding hydrogens is 757 g/mol. The van der Waals surface area contributed by atoms with Crippen molar-refractivity contribution in [1.82, 2.24) is 9.97 Å². The molecule has 1 aliphatic rings. The van der Waals surface area contributed by atoms with Gasteiger partial charge in [0.15, 0.2) is 11.5 Å². The molecule has 0 N–H and O–H groups in total. The van der Waals surface area contributed by atoms with Crippen LogP contribution in [0.25, 0.3) is 22.5 Å². The number of hydrogen-bond acceptors (Lipinski definition) is 4. The molecule has 0 aliphatic carbocycles. The molecule has 217 valence electrons. The third kappa shape index (κ3) is 7.20. The van der Waals surface area contributed by atoms with E-state index >= 15 is 0 Å². The molecule has 0 atom stereocenters. The van der Waals surface area contributed by atoms with Gasteiger partial charge in [0.1, 0.15) is 0 Å². The van der Waals surface area contributed by atoms with Gasteiger partial charge in [-0.25, -0.2) is 0 Å². The molecule has 6 rings (SSSR count). The Labute approximate surface area is 276 Å². The second kappa shape index (κ2) is 13.4. The number of ether oxygens (including phenoxy) is 2. The maximum Gasteiger partial charge on any atom is 0.166 e. The van der Waals surface area contributed by atoms with Crippen LogP contribution in [0, 0.1) is 25.8 Å². The van der Waals surface area contributed by atoms with Crippen LogP contribution >= 0.6 is 0 Å². The van der Waals surface area contributed by atoms with Crippen LogP contribution in [0.1, 0.15) is 46.0 Å². The van der Waals surface area contributed by atoms with Crippen LogP contribution < -0.4 is 13.9 Å². The molecule has 0 spiro atoms. The van der Waals surface area contributed by atoms with Gasteiger partial charge in [0.2, 0.25) is 0 Å². The maximum atomic E-state index is 8.39. The monoisotopic (exact) mass is 802 g/mol. The van der Waals surface area contributed by atoms with Crippen molar-refractivity contribution in [1.29, 1.82) is 0 Å². The number of aromatic nitrogens is 2. The number of pyridine rings is 2. The van der Waals surface area contributed by atoms with Crippen LogP contribution in [-0.2, 0) is 20.1 Å². The molecule has 42 heavy (non-hydrogen) atoms. The molecule has 0 amide bonds. The van der Waals surface area contributed by atoms with Crippen LogP contribution in [0.2, 0.25) is 17.3 Å². The summed E-state index contributed by atoms with van der Waals surface area (Å²) in [6.07, 6.45) is 3.26. The topological polar surface area (TPSA) is 44.2 Å². The van der Waals surface area contributed by atoms with Crippen molar-refractivity contribution in [2.24, 2.45) is 0 Å². The van der Waals surface area contributed by atoms with E-state index in [0.29, 0.717) is 45.4 Å². The number of para-hydroxylation sites is 2. The zero-order valence-electron chi connectivity index (χ0n) is 31.1. The number of nitrogens with zero attached hydrogens (tertiary/aromatic N) is 2. The summed E-state index contributed by atoms with van der Waals surface area (Å²) < 4.78 is 67.0. The van der Waals surface area contributed by atoms with Crippen molar-refractivity contribution in [3.05, 3.63) is 114 Å². The van der Waals surface area contributed by atoms with Crippen molar-refractivity contribution >= 4 is 17.7 Å². The van der Waals surface area contributed by atoms with Crippen LogP contribution in [0.4, 0.5) is 0 Å². The average molecular weight is 801 g/mol. The van der Waals surface area contributed by atoms with E-state index in [1.54, 1.807) is 50.2 Å². The molecule has 4 nitrogen and oxygen atoms in total. The minimum atomic E-state index is -2.35. The van der Waals surface area contributed by atoms with E-state index in [1.165, 1.54) is 16.7 Å². The molecule has 0 saturated heterocycles. The molecule has 0 bridgehead atoms. The fraction of sp³-hybridized carbons (Fsp3) is 0.222. The summed E-state index contributed by atoms with van der Waals surface area (Å²) in [7, 11) is 0. The zero-order chi connectivity index (χ0) is 35.1. The molecule has 3 heterocycles. The summed E-state index contributed by atoms with van der Waals surface area (Å²) in [6, 6.07) is 27.6. The van der Waals surface area contributed by atoms with Gasteiger partial charge in [0.25, 0.3) is 0 Å². The average Bonchev–Trinajstić information content (AvgIpc) is 3.02. The first-order valence-electron chi connectivity index (χ1n) is 16.8. The van der Waals surface area contributed by atoms with E-state index < -0.39 is 32.9 Å².